The van der Waals surface area contributed by atoms with Gasteiger partial charge in [0, 0.05) is 12.3 Å². The van der Waals surface area contributed by atoms with Crippen molar-refractivity contribution < 1.29 is 14.0 Å². The highest BCUT2D eigenvalue weighted by Crippen LogP contribution is 2.36. The van der Waals surface area contributed by atoms with E-state index < -0.39 is 0 Å². The van der Waals surface area contributed by atoms with Gasteiger partial charge in [-0.25, -0.2) is 0 Å². The SMILES string of the molecule is CC(C)(C)C(=O)OC[C@@H]1CCC[N+]2(C)CCCC[C@H]12. The average Bonchev–Trinajstić information content (AvgIpc) is 2.33. The first-order chi connectivity index (χ1) is 8.83. The van der Waals surface area contributed by atoms with Gasteiger partial charge in [-0.2, -0.15) is 0 Å². The van der Waals surface area contributed by atoms with E-state index in [9.17, 15) is 4.79 Å². The van der Waals surface area contributed by atoms with Crippen LogP contribution in [0.1, 0.15) is 52.9 Å². The Labute approximate surface area is 117 Å². The molecule has 3 heteroatoms. The smallest absolute Gasteiger partial charge is 0.311 e. The van der Waals surface area contributed by atoms with Crippen molar-refractivity contribution >= 4 is 5.97 Å². The van der Waals surface area contributed by atoms with Gasteiger partial charge in [0.15, 0.2) is 0 Å². The van der Waals surface area contributed by atoms with Crippen molar-refractivity contribution in [3.8, 4) is 0 Å². The van der Waals surface area contributed by atoms with Crippen molar-refractivity contribution in [3.63, 3.8) is 0 Å². The molecule has 3 atom stereocenters. The predicted octanol–water partition coefficient (Wildman–Crippen LogP) is 2.98. The molecule has 0 aliphatic carbocycles. The van der Waals surface area contributed by atoms with E-state index in [4.69, 9.17) is 4.74 Å². The molecule has 2 fully saturated rings. The summed E-state index contributed by atoms with van der Waals surface area (Å²) in [6.45, 7) is 9.04. The molecule has 0 aromatic carbocycles. The Bertz CT molecular complexity index is 330. The molecule has 2 aliphatic heterocycles. The Kier molecular flexibility index (Phi) is 4.24. The zero-order valence-electron chi connectivity index (χ0n) is 13.1. The first-order valence-corrected chi connectivity index (χ1v) is 7.84. The minimum absolute atomic E-state index is 0.0527. The summed E-state index contributed by atoms with van der Waals surface area (Å²) in [7, 11) is 2.40. The lowest BCUT2D eigenvalue weighted by Crippen LogP contribution is -2.61. The minimum atomic E-state index is -0.376. The number of piperidine rings is 2. The lowest BCUT2D eigenvalue weighted by Gasteiger charge is -2.51. The Hall–Kier alpha value is -0.570. The molecule has 0 N–H and O–H groups in total. The third-order valence-electron chi connectivity index (χ3n) is 5.05. The molecule has 19 heavy (non-hydrogen) atoms. The summed E-state index contributed by atoms with van der Waals surface area (Å²) in [4.78, 5) is 11.9. The molecule has 2 aliphatic rings. The molecule has 2 saturated heterocycles. The van der Waals surface area contributed by atoms with Gasteiger partial charge in [-0.1, -0.05) is 0 Å². The summed E-state index contributed by atoms with van der Waals surface area (Å²) >= 11 is 0. The van der Waals surface area contributed by atoms with E-state index in [-0.39, 0.29) is 11.4 Å². The highest BCUT2D eigenvalue weighted by molar-refractivity contribution is 5.75. The van der Waals surface area contributed by atoms with Crippen LogP contribution in [0.4, 0.5) is 0 Å². The summed E-state index contributed by atoms with van der Waals surface area (Å²) in [6.07, 6.45) is 6.54. The lowest BCUT2D eigenvalue weighted by atomic mass is 9.82. The van der Waals surface area contributed by atoms with Gasteiger partial charge in [-0.15, -0.1) is 0 Å². The van der Waals surface area contributed by atoms with Crippen molar-refractivity contribution in [2.24, 2.45) is 11.3 Å². The fourth-order valence-electron chi connectivity index (χ4n) is 3.83. The Balaban J connectivity index is 1.94. The van der Waals surface area contributed by atoms with Gasteiger partial charge in [0.1, 0.15) is 0 Å². The first-order valence-electron chi connectivity index (χ1n) is 7.84. The van der Waals surface area contributed by atoms with E-state index in [1.54, 1.807) is 0 Å². The second kappa shape index (κ2) is 5.43. The molecular weight excluding hydrogens is 238 g/mol. The van der Waals surface area contributed by atoms with E-state index in [0.717, 1.165) is 6.04 Å². The maximum absolute atomic E-state index is 11.9. The molecule has 0 spiro atoms. The Morgan fingerprint density at radius 3 is 2.53 bits per heavy atom. The number of ether oxygens (including phenoxy) is 1. The van der Waals surface area contributed by atoms with Gasteiger partial charge in [-0.3, -0.25) is 4.79 Å². The number of nitrogens with zero attached hydrogens (tertiary/aromatic N) is 1. The largest absolute Gasteiger partial charge is 0.465 e. The Morgan fingerprint density at radius 2 is 1.84 bits per heavy atom. The molecular formula is C16H30NO2+. The fourth-order valence-corrected chi connectivity index (χ4v) is 3.83. The third kappa shape index (κ3) is 3.31. The molecule has 0 aromatic rings. The quantitative estimate of drug-likeness (QED) is 0.568. The number of hydrogen-bond donors (Lipinski definition) is 0. The summed E-state index contributed by atoms with van der Waals surface area (Å²) in [5.41, 5.74) is -0.376. The molecule has 0 amide bonds. The van der Waals surface area contributed by atoms with Crippen molar-refractivity contribution in [3.05, 3.63) is 0 Å². The van der Waals surface area contributed by atoms with Crippen molar-refractivity contribution in [2.75, 3.05) is 26.7 Å². The molecule has 0 saturated carbocycles. The lowest BCUT2D eigenvalue weighted by molar-refractivity contribution is -0.947. The molecule has 2 rings (SSSR count). The first kappa shape index (κ1) is 14.8. The average molecular weight is 268 g/mol. The van der Waals surface area contributed by atoms with E-state index in [1.165, 1.54) is 49.7 Å². The van der Waals surface area contributed by atoms with Crippen LogP contribution in [0.15, 0.2) is 0 Å². The third-order valence-corrected chi connectivity index (χ3v) is 5.05. The van der Waals surface area contributed by atoms with Crippen LogP contribution in [0, 0.1) is 11.3 Å². The summed E-state index contributed by atoms with van der Waals surface area (Å²) in [5, 5.41) is 0. The van der Waals surface area contributed by atoms with Crippen LogP contribution in [0.3, 0.4) is 0 Å². The van der Waals surface area contributed by atoms with Crippen molar-refractivity contribution in [2.45, 2.75) is 58.9 Å². The van der Waals surface area contributed by atoms with Crippen LogP contribution in [-0.2, 0) is 9.53 Å². The van der Waals surface area contributed by atoms with Crippen LogP contribution >= 0.6 is 0 Å². The van der Waals surface area contributed by atoms with Gasteiger partial charge in [0.2, 0.25) is 0 Å². The number of quaternary nitrogens is 1. The number of hydrogen-bond acceptors (Lipinski definition) is 2. The normalized spacial score (nSPS) is 35.6. The highest BCUT2D eigenvalue weighted by atomic mass is 16.5. The maximum Gasteiger partial charge on any atom is 0.311 e. The van der Waals surface area contributed by atoms with Crippen LogP contribution in [0.5, 0.6) is 0 Å². The number of rotatable bonds is 2. The fraction of sp³-hybridized carbons (Fsp3) is 0.938. The van der Waals surface area contributed by atoms with Gasteiger partial charge in [0.25, 0.3) is 0 Å². The molecule has 110 valence electrons. The van der Waals surface area contributed by atoms with Crippen molar-refractivity contribution in [1.82, 2.24) is 0 Å². The highest BCUT2D eigenvalue weighted by Gasteiger charge is 2.44. The number of esters is 1. The zero-order chi connectivity index (χ0) is 14.1. The second-order valence-electron chi connectivity index (χ2n) is 7.74. The van der Waals surface area contributed by atoms with Gasteiger partial charge < -0.3 is 9.22 Å². The van der Waals surface area contributed by atoms with E-state index in [2.05, 4.69) is 7.05 Å². The van der Waals surface area contributed by atoms with Crippen LogP contribution in [0.2, 0.25) is 0 Å². The monoisotopic (exact) mass is 268 g/mol. The van der Waals surface area contributed by atoms with Gasteiger partial charge in [0.05, 0.1) is 38.2 Å². The predicted molar refractivity (Wildman–Crippen MR) is 76.7 cm³/mol. The molecule has 0 aromatic heterocycles. The van der Waals surface area contributed by atoms with E-state index in [1.807, 2.05) is 20.8 Å². The molecule has 3 nitrogen and oxygen atoms in total. The standard InChI is InChI=1S/C16H30NO2/c1-16(2,3)15(18)19-12-13-8-7-11-17(4)10-6-5-9-14(13)17/h13-14H,5-12H2,1-4H3/q+1/t13-,14+,17?/m0/s1. The molecule has 1 unspecified atom stereocenters. The summed E-state index contributed by atoms with van der Waals surface area (Å²) < 4.78 is 6.81. The van der Waals surface area contributed by atoms with Crippen LogP contribution < -0.4 is 0 Å². The van der Waals surface area contributed by atoms with Crippen LogP contribution in [-0.4, -0.2) is 43.2 Å². The maximum atomic E-state index is 11.9. The van der Waals surface area contributed by atoms with Crippen LogP contribution in [0.25, 0.3) is 0 Å². The number of carbonyl (C=O) groups excluding carboxylic acids is 1. The Morgan fingerprint density at radius 1 is 1.16 bits per heavy atom. The minimum Gasteiger partial charge on any atom is -0.465 e. The summed E-state index contributed by atoms with van der Waals surface area (Å²) in [5.74, 6) is 0.522. The van der Waals surface area contributed by atoms with Crippen molar-refractivity contribution in [1.29, 1.82) is 0 Å². The number of carbonyl (C=O) groups is 1. The molecule has 0 radical (unpaired) electrons. The van der Waals surface area contributed by atoms with Gasteiger partial charge in [-0.05, 0) is 46.5 Å². The van der Waals surface area contributed by atoms with E-state index >= 15 is 0 Å². The zero-order valence-corrected chi connectivity index (χ0v) is 13.1. The molecule has 2 heterocycles. The second-order valence-corrected chi connectivity index (χ2v) is 7.74. The summed E-state index contributed by atoms with van der Waals surface area (Å²) in [6, 6.07) is 0.718. The molecule has 0 bridgehead atoms. The van der Waals surface area contributed by atoms with Gasteiger partial charge >= 0.3 is 5.97 Å². The topological polar surface area (TPSA) is 26.3 Å². The van der Waals surface area contributed by atoms with E-state index in [0.29, 0.717) is 12.5 Å². The number of fused-ring (bicyclic) bond motifs is 1.